The Kier molecular flexibility index (Phi) is 8.14. The van der Waals surface area contributed by atoms with Crippen molar-refractivity contribution in [3.63, 3.8) is 0 Å². The van der Waals surface area contributed by atoms with E-state index < -0.39 is 11.9 Å². The summed E-state index contributed by atoms with van der Waals surface area (Å²) in [6.07, 6.45) is 8.14. The first kappa shape index (κ1) is 22.4. The lowest BCUT2D eigenvalue weighted by atomic mass is 9.97. The third-order valence-electron chi connectivity index (χ3n) is 4.13. The molecule has 0 saturated heterocycles. The largest absolute Gasteiger partial charge is 0.478 e. The molecule has 0 aromatic carbocycles. The van der Waals surface area contributed by atoms with Crippen LogP contribution in [0.15, 0.2) is 23.8 Å². The number of carbonyl (C=O) groups is 2. The molecule has 1 aliphatic rings. The number of carboxylic acid groups (broad SMARTS) is 2. The topological polar surface area (TPSA) is 122 Å². The van der Waals surface area contributed by atoms with Gasteiger partial charge in [-0.1, -0.05) is 11.6 Å². The number of thiophene rings is 1. The first-order chi connectivity index (χ1) is 13.8. The molecule has 0 radical (unpaired) electrons. The lowest BCUT2D eigenvalue weighted by Gasteiger charge is -2.12. The smallest absolute Gasteiger partial charge is 0.328 e. The number of rotatable bonds is 6. The number of hydrogen-bond acceptors (Lipinski definition) is 7. The standard InChI is InChI=1S/C16H21N3OS.C4H4O4/c1-10(2)8-9-17-14-13-11-6-4-5-7-12(11)21-15(13)19-16(18-14)20-3;5-3(6)1-2-4(7)8/h8H,4-7,9H2,1-3H3,(H,17,18,19);1-2H,(H,5,6)(H,7,8)/b;2-1-. The van der Waals surface area contributed by atoms with E-state index in [9.17, 15) is 9.59 Å². The molecule has 29 heavy (non-hydrogen) atoms. The number of hydrogen-bond donors (Lipinski definition) is 3. The highest BCUT2D eigenvalue weighted by Crippen LogP contribution is 2.39. The van der Waals surface area contributed by atoms with Crippen molar-refractivity contribution in [2.75, 3.05) is 19.0 Å². The van der Waals surface area contributed by atoms with Gasteiger partial charge in [-0.05, 0) is 45.1 Å². The number of nitrogens with one attached hydrogen (secondary N) is 1. The molecule has 2 aromatic rings. The predicted molar refractivity (Wildman–Crippen MR) is 113 cm³/mol. The highest BCUT2D eigenvalue weighted by molar-refractivity contribution is 7.19. The van der Waals surface area contributed by atoms with Crippen molar-refractivity contribution in [2.45, 2.75) is 39.5 Å². The van der Waals surface area contributed by atoms with Gasteiger partial charge in [0, 0.05) is 23.6 Å². The minimum Gasteiger partial charge on any atom is -0.478 e. The minimum atomic E-state index is -1.26. The second-order valence-corrected chi connectivity index (χ2v) is 7.71. The fourth-order valence-electron chi connectivity index (χ4n) is 2.85. The zero-order chi connectivity index (χ0) is 21.4. The van der Waals surface area contributed by atoms with E-state index in [1.165, 1.54) is 40.7 Å². The van der Waals surface area contributed by atoms with Crippen LogP contribution in [0, 0.1) is 0 Å². The quantitative estimate of drug-likeness (QED) is 0.479. The number of ether oxygens (including phenoxy) is 1. The van der Waals surface area contributed by atoms with Crippen molar-refractivity contribution >= 4 is 39.3 Å². The molecule has 0 unspecified atom stereocenters. The summed E-state index contributed by atoms with van der Waals surface area (Å²) >= 11 is 1.80. The summed E-state index contributed by atoms with van der Waals surface area (Å²) in [7, 11) is 1.62. The Morgan fingerprint density at radius 1 is 1.14 bits per heavy atom. The van der Waals surface area contributed by atoms with Crippen molar-refractivity contribution in [3.8, 4) is 6.01 Å². The summed E-state index contributed by atoms with van der Waals surface area (Å²) < 4.78 is 5.25. The van der Waals surface area contributed by atoms with E-state index >= 15 is 0 Å². The van der Waals surface area contributed by atoms with Crippen molar-refractivity contribution in [3.05, 3.63) is 34.2 Å². The van der Waals surface area contributed by atoms with Crippen LogP contribution in [0.5, 0.6) is 6.01 Å². The van der Waals surface area contributed by atoms with Crippen molar-refractivity contribution in [1.29, 1.82) is 0 Å². The van der Waals surface area contributed by atoms with Crippen molar-refractivity contribution < 1.29 is 24.5 Å². The lowest BCUT2D eigenvalue weighted by molar-refractivity contribution is -0.134. The lowest BCUT2D eigenvalue weighted by Crippen LogP contribution is -2.05. The third kappa shape index (κ3) is 6.56. The molecule has 1 aliphatic carbocycles. The number of nitrogens with zero attached hydrogens (tertiary/aromatic N) is 2. The molecule has 0 amide bonds. The third-order valence-corrected chi connectivity index (χ3v) is 5.31. The summed E-state index contributed by atoms with van der Waals surface area (Å²) in [5.74, 6) is -1.60. The fourth-order valence-corrected chi connectivity index (χ4v) is 4.10. The Labute approximate surface area is 172 Å². The molecule has 0 atom stereocenters. The van der Waals surface area contributed by atoms with Gasteiger partial charge in [0.2, 0.25) is 0 Å². The average molecular weight is 420 g/mol. The Hall–Kier alpha value is -2.94. The van der Waals surface area contributed by atoms with E-state index in [0.29, 0.717) is 18.2 Å². The predicted octanol–water partition coefficient (Wildman–Crippen LogP) is 3.67. The summed E-state index contributed by atoms with van der Waals surface area (Å²) in [6.45, 7) is 4.98. The molecule has 2 heterocycles. The molecule has 8 nitrogen and oxygen atoms in total. The van der Waals surface area contributed by atoms with Gasteiger partial charge >= 0.3 is 17.9 Å². The Morgan fingerprint density at radius 3 is 2.38 bits per heavy atom. The zero-order valence-corrected chi connectivity index (χ0v) is 17.5. The Balaban J connectivity index is 0.000000321. The Bertz CT molecular complexity index is 929. The van der Waals surface area contributed by atoms with Crippen molar-refractivity contribution in [2.24, 2.45) is 0 Å². The van der Waals surface area contributed by atoms with Gasteiger partial charge in [0.15, 0.2) is 0 Å². The number of aliphatic carboxylic acids is 2. The molecule has 0 bridgehead atoms. The molecule has 0 spiro atoms. The fraction of sp³-hybridized carbons (Fsp3) is 0.400. The van der Waals surface area contributed by atoms with Gasteiger partial charge in [0.1, 0.15) is 10.6 Å². The molecule has 3 rings (SSSR count). The van der Waals surface area contributed by atoms with E-state index in [1.54, 1.807) is 18.4 Å². The maximum absolute atomic E-state index is 9.55. The molecule has 0 aliphatic heterocycles. The molecular formula is C20H25N3O5S. The molecule has 9 heteroatoms. The van der Waals surface area contributed by atoms with Crippen molar-refractivity contribution in [1.82, 2.24) is 9.97 Å². The van der Waals surface area contributed by atoms with Crippen LogP contribution >= 0.6 is 11.3 Å². The number of fused-ring (bicyclic) bond motifs is 3. The first-order valence-electron chi connectivity index (χ1n) is 9.19. The summed E-state index contributed by atoms with van der Waals surface area (Å²) in [4.78, 5) is 30.7. The van der Waals surface area contributed by atoms with Crippen LogP contribution in [0.4, 0.5) is 5.82 Å². The van der Waals surface area contributed by atoms with E-state index in [4.69, 9.17) is 14.9 Å². The van der Waals surface area contributed by atoms with E-state index in [1.807, 2.05) is 0 Å². The normalized spacial score (nSPS) is 12.7. The van der Waals surface area contributed by atoms with Crippen LogP contribution in [0.3, 0.4) is 0 Å². The van der Waals surface area contributed by atoms with Crippen LogP contribution < -0.4 is 10.1 Å². The number of carboxylic acids is 2. The van der Waals surface area contributed by atoms with Gasteiger partial charge in [0.25, 0.3) is 0 Å². The first-order valence-corrected chi connectivity index (χ1v) is 10.0. The molecule has 156 valence electrons. The monoisotopic (exact) mass is 419 g/mol. The van der Waals surface area contributed by atoms with Crippen LogP contribution in [0.25, 0.3) is 10.2 Å². The summed E-state index contributed by atoms with van der Waals surface area (Å²) in [6, 6.07) is 0.445. The zero-order valence-electron chi connectivity index (χ0n) is 16.7. The Morgan fingerprint density at radius 2 is 1.79 bits per heavy atom. The maximum atomic E-state index is 9.55. The van der Waals surface area contributed by atoms with Gasteiger partial charge in [-0.25, -0.2) is 9.59 Å². The molecule has 0 fully saturated rings. The highest BCUT2D eigenvalue weighted by Gasteiger charge is 2.21. The molecule has 3 N–H and O–H groups in total. The van der Waals surface area contributed by atoms with Crippen LogP contribution in [-0.2, 0) is 22.4 Å². The highest BCUT2D eigenvalue weighted by atomic mass is 32.1. The summed E-state index contributed by atoms with van der Waals surface area (Å²) in [5, 5.41) is 20.3. The number of aryl methyl sites for hydroxylation is 2. The maximum Gasteiger partial charge on any atom is 0.328 e. The SMILES string of the molecule is COc1nc(NCC=C(C)C)c2c3c(sc2n1)CCCC3.O=C(O)/C=C\C(=O)O. The van der Waals surface area contributed by atoms with E-state index in [0.717, 1.165) is 23.6 Å². The van der Waals surface area contributed by atoms with Gasteiger partial charge in [-0.15, -0.1) is 11.3 Å². The number of methoxy groups -OCH3 is 1. The number of allylic oxidation sites excluding steroid dienone is 1. The molecule has 2 aromatic heterocycles. The average Bonchev–Trinajstić information content (AvgIpc) is 3.05. The van der Waals surface area contributed by atoms with Gasteiger partial charge in [-0.2, -0.15) is 9.97 Å². The van der Waals surface area contributed by atoms with Gasteiger partial charge in [0.05, 0.1) is 12.5 Å². The van der Waals surface area contributed by atoms with Crippen LogP contribution in [-0.4, -0.2) is 45.8 Å². The number of aromatic nitrogens is 2. The second kappa shape index (κ2) is 10.6. The molecular weight excluding hydrogens is 394 g/mol. The van der Waals surface area contributed by atoms with E-state index in [2.05, 4.69) is 35.2 Å². The summed E-state index contributed by atoms with van der Waals surface area (Å²) in [5.41, 5.74) is 2.75. The molecule has 0 saturated carbocycles. The second-order valence-electron chi connectivity index (χ2n) is 6.62. The van der Waals surface area contributed by atoms with Crippen LogP contribution in [0.2, 0.25) is 0 Å². The minimum absolute atomic E-state index is 0.445. The van der Waals surface area contributed by atoms with Gasteiger partial charge < -0.3 is 20.3 Å². The van der Waals surface area contributed by atoms with Gasteiger partial charge in [-0.3, -0.25) is 0 Å². The number of anilines is 1. The van der Waals surface area contributed by atoms with Crippen LogP contribution in [0.1, 0.15) is 37.1 Å². The van der Waals surface area contributed by atoms with E-state index in [-0.39, 0.29) is 0 Å².